The maximum atomic E-state index is 13.0. The Labute approximate surface area is 181 Å². The summed E-state index contributed by atoms with van der Waals surface area (Å²) in [6, 6.07) is 11.4. The van der Waals surface area contributed by atoms with Crippen LogP contribution in [0.2, 0.25) is 0 Å². The van der Waals surface area contributed by atoms with Crippen molar-refractivity contribution in [2.75, 3.05) is 40.0 Å². The lowest BCUT2D eigenvalue weighted by Gasteiger charge is -2.43. The summed E-state index contributed by atoms with van der Waals surface area (Å²) in [6.07, 6.45) is 7.09. The highest BCUT2D eigenvalue weighted by molar-refractivity contribution is 5.79. The molecule has 2 atom stereocenters. The molecule has 2 saturated carbocycles. The fraction of sp³-hybridized carbons (Fsp3) is 0.720. The highest BCUT2D eigenvalue weighted by Gasteiger charge is 2.42. The molecule has 2 N–H and O–H groups in total. The highest BCUT2D eigenvalue weighted by atomic mass is 16.5. The molecule has 1 aromatic rings. The molecule has 5 heteroatoms. The van der Waals surface area contributed by atoms with Gasteiger partial charge < -0.3 is 20.1 Å². The third-order valence-electron chi connectivity index (χ3n) is 7.80. The molecule has 5 nitrogen and oxygen atoms in total. The van der Waals surface area contributed by atoms with Crippen molar-refractivity contribution in [1.82, 2.24) is 10.2 Å². The van der Waals surface area contributed by atoms with E-state index in [4.69, 9.17) is 4.74 Å². The van der Waals surface area contributed by atoms with Gasteiger partial charge >= 0.3 is 0 Å². The standard InChI is InChI=1S/C25H38N2O3/c1-30-18-25(17-26-23-15-22(23)20-5-3-2-4-6-20)11-13-27(14-12-25)24(29)21-9-7-19(16-28)8-10-21/h2-6,19,21-23,26,28H,7-18H2,1H3/t19-,21+,22-,23+/m0/s1. The first-order valence-electron chi connectivity index (χ1n) is 11.8. The van der Waals surface area contributed by atoms with Crippen LogP contribution in [0.3, 0.4) is 0 Å². The van der Waals surface area contributed by atoms with E-state index < -0.39 is 0 Å². The number of carbonyl (C=O) groups excluding carboxylic acids is 1. The van der Waals surface area contributed by atoms with E-state index in [0.29, 0.717) is 23.8 Å². The van der Waals surface area contributed by atoms with Gasteiger partial charge in [0.25, 0.3) is 0 Å². The van der Waals surface area contributed by atoms with E-state index >= 15 is 0 Å². The topological polar surface area (TPSA) is 61.8 Å². The Morgan fingerprint density at radius 3 is 2.50 bits per heavy atom. The summed E-state index contributed by atoms with van der Waals surface area (Å²) < 4.78 is 5.62. The highest BCUT2D eigenvalue weighted by Crippen LogP contribution is 2.42. The van der Waals surface area contributed by atoms with Gasteiger partial charge in [-0.1, -0.05) is 30.3 Å². The molecular weight excluding hydrogens is 376 g/mol. The van der Waals surface area contributed by atoms with Crippen molar-refractivity contribution in [3.8, 4) is 0 Å². The Balaban J connectivity index is 1.26. The van der Waals surface area contributed by atoms with E-state index in [2.05, 4.69) is 40.5 Å². The second kappa shape index (κ2) is 9.80. The average Bonchev–Trinajstić information content (AvgIpc) is 3.59. The first kappa shape index (κ1) is 21.8. The zero-order valence-electron chi connectivity index (χ0n) is 18.4. The fourth-order valence-electron chi connectivity index (χ4n) is 5.57. The van der Waals surface area contributed by atoms with E-state index in [9.17, 15) is 9.90 Å². The Bertz CT molecular complexity index is 679. The Hall–Kier alpha value is -1.43. The van der Waals surface area contributed by atoms with Crippen LogP contribution in [0.5, 0.6) is 0 Å². The number of aliphatic hydroxyl groups is 1. The molecule has 0 unspecified atom stereocenters. The van der Waals surface area contributed by atoms with E-state index in [1.807, 2.05) is 0 Å². The molecule has 0 spiro atoms. The third kappa shape index (κ3) is 5.06. The molecule has 30 heavy (non-hydrogen) atoms. The quantitative estimate of drug-likeness (QED) is 0.686. The SMILES string of the molecule is COCC1(CN[C@@H]2C[C@H]2c2ccccc2)CCN(C(=O)[C@H]2CC[C@@H](CO)CC2)CC1. The number of hydrogen-bond donors (Lipinski definition) is 2. The summed E-state index contributed by atoms with van der Waals surface area (Å²) in [5.74, 6) is 1.55. The number of hydrogen-bond acceptors (Lipinski definition) is 4. The van der Waals surface area contributed by atoms with Crippen LogP contribution in [0.25, 0.3) is 0 Å². The maximum absolute atomic E-state index is 13.0. The normalized spacial score (nSPS) is 30.8. The second-order valence-corrected chi connectivity index (χ2v) is 9.90. The summed E-state index contributed by atoms with van der Waals surface area (Å²) in [5.41, 5.74) is 1.57. The van der Waals surface area contributed by atoms with Crippen molar-refractivity contribution in [2.45, 2.75) is 56.9 Å². The van der Waals surface area contributed by atoms with Gasteiger partial charge in [0.2, 0.25) is 5.91 Å². The van der Waals surface area contributed by atoms with Gasteiger partial charge in [-0.15, -0.1) is 0 Å². The van der Waals surface area contributed by atoms with Crippen LogP contribution in [0, 0.1) is 17.3 Å². The number of piperidine rings is 1. The number of rotatable bonds is 8. The molecule has 0 radical (unpaired) electrons. The van der Waals surface area contributed by atoms with Crippen molar-refractivity contribution >= 4 is 5.91 Å². The van der Waals surface area contributed by atoms with Crippen LogP contribution in [0.4, 0.5) is 0 Å². The number of nitrogens with one attached hydrogen (secondary N) is 1. The summed E-state index contributed by atoms with van der Waals surface area (Å²) in [4.78, 5) is 15.1. The van der Waals surface area contributed by atoms with Crippen molar-refractivity contribution in [1.29, 1.82) is 0 Å². The smallest absolute Gasteiger partial charge is 0.225 e. The van der Waals surface area contributed by atoms with Gasteiger partial charge in [-0.25, -0.2) is 0 Å². The molecule has 1 heterocycles. The van der Waals surface area contributed by atoms with Gasteiger partial charge in [-0.05, 0) is 56.4 Å². The summed E-state index contributed by atoms with van der Waals surface area (Å²) >= 11 is 0. The molecule has 1 aromatic carbocycles. The minimum absolute atomic E-state index is 0.129. The Morgan fingerprint density at radius 1 is 1.17 bits per heavy atom. The third-order valence-corrected chi connectivity index (χ3v) is 7.80. The minimum atomic E-state index is 0.129. The Morgan fingerprint density at radius 2 is 1.87 bits per heavy atom. The predicted octanol–water partition coefficient (Wildman–Crippen LogP) is 3.19. The van der Waals surface area contributed by atoms with Gasteiger partial charge in [-0.3, -0.25) is 4.79 Å². The molecule has 3 fully saturated rings. The largest absolute Gasteiger partial charge is 0.396 e. The summed E-state index contributed by atoms with van der Waals surface area (Å²) in [6.45, 7) is 3.68. The number of carbonyl (C=O) groups is 1. The van der Waals surface area contributed by atoms with Crippen LogP contribution < -0.4 is 5.32 Å². The average molecular weight is 415 g/mol. The predicted molar refractivity (Wildman–Crippen MR) is 118 cm³/mol. The first-order chi connectivity index (χ1) is 14.6. The van der Waals surface area contributed by atoms with E-state index in [1.54, 1.807) is 7.11 Å². The molecule has 0 aromatic heterocycles. The lowest BCUT2D eigenvalue weighted by atomic mass is 9.77. The molecule has 166 valence electrons. The number of benzene rings is 1. The van der Waals surface area contributed by atoms with E-state index in [-0.39, 0.29) is 17.9 Å². The van der Waals surface area contributed by atoms with Crippen molar-refractivity contribution in [2.24, 2.45) is 17.3 Å². The summed E-state index contributed by atoms with van der Waals surface area (Å²) in [7, 11) is 1.79. The van der Waals surface area contributed by atoms with Crippen LogP contribution in [0.15, 0.2) is 30.3 Å². The Kier molecular flexibility index (Phi) is 7.12. The lowest BCUT2D eigenvalue weighted by molar-refractivity contribution is -0.140. The summed E-state index contributed by atoms with van der Waals surface area (Å²) in [5, 5.41) is 13.1. The van der Waals surface area contributed by atoms with Crippen LogP contribution in [-0.4, -0.2) is 61.9 Å². The number of likely N-dealkylation sites (tertiary alicyclic amines) is 1. The molecule has 3 aliphatic rings. The van der Waals surface area contributed by atoms with Gasteiger partial charge in [-0.2, -0.15) is 0 Å². The number of ether oxygens (including phenoxy) is 1. The molecule has 1 amide bonds. The van der Waals surface area contributed by atoms with E-state index in [0.717, 1.165) is 64.8 Å². The van der Waals surface area contributed by atoms with Crippen LogP contribution in [0.1, 0.15) is 56.4 Å². The van der Waals surface area contributed by atoms with Gasteiger partial charge in [0, 0.05) is 56.6 Å². The zero-order chi connectivity index (χ0) is 21.0. The monoisotopic (exact) mass is 414 g/mol. The number of aliphatic hydroxyl groups excluding tert-OH is 1. The van der Waals surface area contributed by atoms with E-state index in [1.165, 1.54) is 12.0 Å². The number of methoxy groups -OCH3 is 1. The van der Waals surface area contributed by atoms with Crippen molar-refractivity contribution in [3.63, 3.8) is 0 Å². The molecule has 1 saturated heterocycles. The van der Waals surface area contributed by atoms with Crippen LogP contribution in [-0.2, 0) is 9.53 Å². The lowest BCUT2D eigenvalue weighted by Crippen LogP contribution is -2.50. The first-order valence-corrected chi connectivity index (χ1v) is 11.8. The molecule has 1 aliphatic heterocycles. The molecule has 0 bridgehead atoms. The second-order valence-electron chi connectivity index (χ2n) is 9.90. The number of nitrogens with zero attached hydrogens (tertiary/aromatic N) is 1. The van der Waals surface area contributed by atoms with Crippen molar-refractivity contribution in [3.05, 3.63) is 35.9 Å². The van der Waals surface area contributed by atoms with Gasteiger partial charge in [0.05, 0.1) is 6.61 Å². The van der Waals surface area contributed by atoms with Crippen LogP contribution >= 0.6 is 0 Å². The zero-order valence-corrected chi connectivity index (χ0v) is 18.4. The molecule has 4 rings (SSSR count). The maximum Gasteiger partial charge on any atom is 0.225 e. The minimum Gasteiger partial charge on any atom is -0.396 e. The fourth-order valence-corrected chi connectivity index (χ4v) is 5.57. The molecule has 2 aliphatic carbocycles. The number of amides is 1. The van der Waals surface area contributed by atoms with Gasteiger partial charge in [0.15, 0.2) is 0 Å². The molecular formula is C25H38N2O3. The van der Waals surface area contributed by atoms with Crippen molar-refractivity contribution < 1.29 is 14.6 Å². The van der Waals surface area contributed by atoms with Gasteiger partial charge in [0.1, 0.15) is 0 Å².